The Morgan fingerprint density at radius 3 is 2.76 bits per heavy atom. The van der Waals surface area contributed by atoms with Crippen LogP contribution in [0, 0.1) is 11.6 Å². The van der Waals surface area contributed by atoms with Crippen LogP contribution < -0.4 is 11.1 Å². The molecule has 0 bridgehead atoms. The Balaban J connectivity index is 2.61. The van der Waals surface area contributed by atoms with Gasteiger partial charge in [0.25, 0.3) is 0 Å². The molecule has 17 heavy (non-hydrogen) atoms. The summed E-state index contributed by atoms with van der Waals surface area (Å²) in [6.07, 6.45) is 0.927. The predicted octanol–water partition coefficient (Wildman–Crippen LogP) is 3.49. The average Bonchev–Trinajstić information content (AvgIpc) is 2.25. The first-order chi connectivity index (χ1) is 8.04. The van der Waals surface area contributed by atoms with Gasteiger partial charge in [0.05, 0.1) is 11.4 Å². The highest BCUT2D eigenvalue weighted by molar-refractivity contribution is 7.99. The molecule has 0 spiro atoms. The van der Waals surface area contributed by atoms with Gasteiger partial charge in [-0.1, -0.05) is 6.92 Å². The molecule has 0 saturated carbocycles. The maximum atomic E-state index is 13.2. The summed E-state index contributed by atoms with van der Waals surface area (Å²) in [5.74, 6) is 0.753. The third-order valence-electron chi connectivity index (χ3n) is 2.40. The minimum Gasteiger partial charge on any atom is -0.395 e. The Morgan fingerprint density at radius 2 is 2.12 bits per heavy atom. The number of hydrogen-bond donors (Lipinski definition) is 2. The van der Waals surface area contributed by atoms with Crippen molar-refractivity contribution in [1.82, 2.24) is 0 Å². The summed E-state index contributed by atoms with van der Waals surface area (Å²) >= 11 is 1.84. The molecule has 0 aromatic heterocycles. The Hall–Kier alpha value is -0.970. The van der Waals surface area contributed by atoms with Crippen LogP contribution in [0.2, 0.25) is 0 Å². The molecule has 1 unspecified atom stereocenters. The summed E-state index contributed by atoms with van der Waals surface area (Å²) in [4.78, 5) is 0. The van der Waals surface area contributed by atoms with Gasteiger partial charge < -0.3 is 11.1 Å². The van der Waals surface area contributed by atoms with Gasteiger partial charge >= 0.3 is 0 Å². The standard InChI is InChI=1S/C12H18F2N2S/c1-3-17-5-4-8(2)16-11-7-9(13)6-10(14)12(11)15/h6-8,16H,3-5,15H2,1-2H3. The number of rotatable bonds is 6. The van der Waals surface area contributed by atoms with Crippen molar-refractivity contribution >= 4 is 23.1 Å². The zero-order valence-corrected chi connectivity index (χ0v) is 10.9. The van der Waals surface area contributed by atoms with Gasteiger partial charge in [-0.05, 0) is 30.9 Å². The van der Waals surface area contributed by atoms with E-state index in [1.54, 1.807) is 0 Å². The molecule has 2 nitrogen and oxygen atoms in total. The number of nitrogen functional groups attached to an aromatic ring is 1. The maximum absolute atomic E-state index is 13.2. The van der Waals surface area contributed by atoms with Crippen molar-refractivity contribution in [3.05, 3.63) is 23.8 Å². The van der Waals surface area contributed by atoms with E-state index in [0.29, 0.717) is 5.69 Å². The molecule has 1 aromatic carbocycles. The third kappa shape index (κ3) is 4.42. The van der Waals surface area contributed by atoms with Crippen LogP contribution in [-0.2, 0) is 0 Å². The highest BCUT2D eigenvalue weighted by Crippen LogP contribution is 2.24. The molecule has 0 aliphatic rings. The van der Waals surface area contributed by atoms with Crippen molar-refractivity contribution in [1.29, 1.82) is 0 Å². The van der Waals surface area contributed by atoms with Crippen LogP contribution in [0.3, 0.4) is 0 Å². The number of nitrogens with two attached hydrogens (primary N) is 1. The van der Waals surface area contributed by atoms with Gasteiger partial charge in [-0.2, -0.15) is 11.8 Å². The highest BCUT2D eigenvalue weighted by Gasteiger charge is 2.10. The first-order valence-electron chi connectivity index (χ1n) is 5.63. The fourth-order valence-electron chi connectivity index (χ4n) is 1.45. The lowest BCUT2D eigenvalue weighted by Crippen LogP contribution is -2.17. The largest absolute Gasteiger partial charge is 0.395 e. The van der Waals surface area contributed by atoms with Crippen molar-refractivity contribution in [2.75, 3.05) is 22.6 Å². The van der Waals surface area contributed by atoms with E-state index in [1.165, 1.54) is 6.07 Å². The molecule has 0 fully saturated rings. The molecule has 0 amide bonds. The van der Waals surface area contributed by atoms with Crippen LogP contribution in [-0.4, -0.2) is 17.5 Å². The molecule has 0 heterocycles. The predicted molar refractivity (Wildman–Crippen MR) is 71.5 cm³/mol. The van der Waals surface area contributed by atoms with E-state index in [9.17, 15) is 8.78 Å². The van der Waals surface area contributed by atoms with E-state index in [1.807, 2.05) is 18.7 Å². The minimum absolute atomic E-state index is 0.0265. The third-order valence-corrected chi connectivity index (χ3v) is 3.33. The number of nitrogens with one attached hydrogen (secondary N) is 1. The van der Waals surface area contributed by atoms with Gasteiger partial charge in [-0.25, -0.2) is 8.78 Å². The SMILES string of the molecule is CCSCCC(C)Nc1cc(F)cc(F)c1N. The molecule has 5 heteroatoms. The van der Waals surface area contributed by atoms with Gasteiger partial charge in [0.2, 0.25) is 0 Å². The summed E-state index contributed by atoms with van der Waals surface area (Å²) in [6, 6.07) is 2.15. The molecular formula is C12H18F2N2S. The summed E-state index contributed by atoms with van der Waals surface area (Å²) in [7, 11) is 0. The van der Waals surface area contributed by atoms with Crippen LogP contribution in [0.1, 0.15) is 20.3 Å². The number of halogens is 2. The van der Waals surface area contributed by atoms with Gasteiger partial charge in [0.1, 0.15) is 5.82 Å². The van der Waals surface area contributed by atoms with Crippen molar-refractivity contribution in [3.63, 3.8) is 0 Å². The van der Waals surface area contributed by atoms with Crippen molar-refractivity contribution < 1.29 is 8.78 Å². The van der Waals surface area contributed by atoms with Crippen LogP contribution in [0.4, 0.5) is 20.2 Å². The first-order valence-corrected chi connectivity index (χ1v) is 6.78. The lowest BCUT2D eigenvalue weighted by atomic mass is 10.2. The lowest BCUT2D eigenvalue weighted by molar-refractivity contribution is 0.586. The van der Waals surface area contributed by atoms with Crippen LogP contribution in [0.15, 0.2) is 12.1 Å². The van der Waals surface area contributed by atoms with Crippen LogP contribution >= 0.6 is 11.8 Å². The van der Waals surface area contributed by atoms with E-state index >= 15 is 0 Å². The summed E-state index contributed by atoms with van der Waals surface area (Å²) in [6.45, 7) is 4.07. The number of benzene rings is 1. The summed E-state index contributed by atoms with van der Waals surface area (Å²) in [5.41, 5.74) is 5.85. The minimum atomic E-state index is -0.720. The Morgan fingerprint density at radius 1 is 1.41 bits per heavy atom. The molecule has 1 atom stereocenters. The molecule has 0 aliphatic carbocycles. The Labute approximate surface area is 105 Å². The van der Waals surface area contributed by atoms with Crippen molar-refractivity contribution in [3.8, 4) is 0 Å². The van der Waals surface area contributed by atoms with Gasteiger partial charge in [-0.3, -0.25) is 0 Å². The average molecular weight is 260 g/mol. The van der Waals surface area contributed by atoms with E-state index in [-0.39, 0.29) is 11.7 Å². The van der Waals surface area contributed by atoms with E-state index in [4.69, 9.17) is 5.73 Å². The van der Waals surface area contributed by atoms with Gasteiger partial charge in [0, 0.05) is 12.1 Å². The number of hydrogen-bond acceptors (Lipinski definition) is 3. The second-order valence-electron chi connectivity index (χ2n) is 3.88. The zero-order chi connectivity index (χ0) is 12.8. The Kier molecular flexibility index (Phi) is 5.55. The smallest absolute Gasteiger partial charge is 0.151 e. The van der Waals surface area contributed by atoms with E-state index in [2.05, 4.69) is 12.2 Å². The molecular weight excluding hydrogens is 242 g/mol. The summed E-state index contributed by atoms with van der Waals surface area (Å²) in [5, 5.41) is 3.03. The molecule has 96 valence electrons. The highest BCUT2D eigenvalue weighted by atomic mass is 32.2. The second kappa shape index (κ2) is 6.69. The number of anilines is 2. The lowest BCUT2D eigenvalue weighted by Gasteiger charge is -2.16. The topological polar surface area (TPSA) is 38.0 Å². The molecule has 1 aromatic rings. The zero-order valence-electron chi connectivity index (χ0n) is 10.1. The molecule has 3 N–H and O–H groups in total. The Bertz CT molecular complexity index is 372. The van der Waals surface area contributed by atoms with Crippen LogP contribution in [0.25, 0.3) is 0 Å². The van der Waals surface area contributed by atoms with E-state index < -0.39 is 11.6 Å². The molecule has 0 aliphatic heterocycles. The summed E-state index contributed by atoms with van der Waals surface area (Å²) < 4.78 is 26.2. The van der Waals surface area contributed by atoms with E-state index in [0.717, 1.165) is 24.0 Å². The van der Waals surface area contributed by atoms with Crippen molar-refractivity contribution in [2.45, 2.75) is 26.3 Å². The second-order valence-corrected chi connectivity index (χ2v) is 5.27. The normalized spacial score (nSPS) is 12.5. The fourth-order valence-corrected chi connectivity index (χ4v) is 2.26. The van der Waals surface area contributed by atoms with Gasteiger partial charge in [0.15, 0.2) is 5.82 Å². The van der Waals surface area contributed by atoms with Crippen molar-refractivity contribution in [2.24, 2.45) is 0 Å². The maximum Gasteiger partial charge on any atom is 0.151 e. The van der Waals surface area contributed by atoms with Gasteiger partial charge in [-0.15, -0.1) is 0 Å². The van der Waals surface area contributed by atoms with Crippen LogP contribution in [0.5, 0.6) is 0 Å². The number of thioether (sulfide) groups is 1. The monoisotopic (exact) mass is 260 g/mol. The fraction of sp³-hybridized carbons (Fsp3) is 0.500. The molecule has 1 rings (SSSR count). The quantitative estimate of drug-likeness (QED) is 0.607. The molecule has 0 radical (unpaired) electrons. The first kappa shape index (κ1) is 14.1. The molecule has 0 saturated heterocycles.